The Morgan fingerprint density at radius 1 is 1.38 bits per heavy atom. The van der Waals surface area contributed by atoms with Crippen molar-refractivity contribution in [1.29, 1.82) is 0 Å². The molecule has 0 atom stereocenters. The number of nitrogens with one attached hydrogen (secondary N) is 1. The van der Waals surface area contributed by atoms with Crippen LogP contribution < -0.4 is 11.1 Å². The number of amides is 1. The second kappa shape index (κ2) is 7.05. The number of para-hydroxylation sites is 1. The molecule has 3 N–H and O–H groups in total. The molecular weight excluding hydrogens is 262 g/mol. The number of anilines is 1. The van der Waals surface area contributed by atoms with E-state index in [9.17, 15) is 4.79 Å². The van der Waals surface area contributed by atoms with Crippen molar-refractivity contribution in [2.45, 2.75) is 39.7 Å². The molecule has 1 aliphatic heterocycles. The number of benzene rings is 1. The van der Waals surface area contributed by atoms with Crippen LogP contribution >= 0.6 is 0 Å². The minimum Gasteiger partial charge on any atom is -0.326 e. The van der Waals surface area contributed by atoms with E-state index in [1.54, 1.807) is 0 Å². The van der Waals surface area contributed by atoms with E-state index >= 15 is 0 Å². The summed E-state index contributed by atoms with van der Waals surface area (Å²) in [6.07, 6.45) is 2.73. The lowest BCUT2D eigenvalue weighted by molar-refractivity contribution is -0.116. The zero-order chi connectivity index (χ0) is 15.3. The molecule has 0 aromatic heterocycles. The van der Waals surface area contributed by atoms with Gasteiger partial charge in [0, 0.05) is 25.2 Å². The standard InChI is InChI=1S/C17H27N3O/c1-17(2)9-11-20(13-17)10-5-8-16(21)19-15-7-4-3-6-14(15)12-18/h3-4,6-7H,5,8-13,18H2,1-2H3,(H,19,21). The highest BCUT2D eigenvalue weighted by atomic mass is 16.1. The lowest BCUT2D eigenvalue weighted by Gasteiger charge is -2.19. The number of likely N-dealkylation sites (tertiary alicyclic amines) is 1. The molecule has 4 heteroatoms. The van der Waals surface area contributed by atoms with Crippen molar-refractivity contribution < 1.29 is 4.79 Å². The van der Waals surface area contributed by atoms with E-state index in [2.05, 4.69) is 24.1 Å². The van der Waals surface area contributed by atoms with Gasteiger partial charge in [-0.1, -0.05) is 32.0 Å². The zero-order valence-electron chi connectivity index (χ0n) is 13.2. The zero-order valence-corrected chi connectivity index (χ0v) is 13.2. The second-order valence-electron chi connectivity index (χ2n) is 6.70. The Hall–Kier alpha value is -1.39. The Balaban J connectivity index is 1.73. The van der Waals surface area contributed by atoms with Crippen LogP contribution in [-0.2, 0) is 11.3 Å². The molecule has 2 rings (SSSR count). The van der Waals surface area contributed by atoms with Gasteiger partial charge < -0.3 is 16.0 Å². The van der Waals surface area contributed by atoms with Crippen molar-refractivity contribution in [3.05, 3.63) is 29.8 Å². The average Bonchev–Trinajstić information content (AvgIpc) is 2.79. The first-order chi connectivity index (χ1) is 10.00. The van der Waals surface area contributed by atoms with Crippen molar-refractivity contribution >= 4 is 11.6 Å². The Labute approximate surface area is 127 Å². The molecule has 1 saturated heterocycles. The smallest absolute Gasteiger partial charge is 0.224 e. The van der Waals surface area contributed by atoms with E-state index in [0.29, 0.717) is 18.4 Å². The highest BCUT2D eigenvalue weighted by Gasteiger charge is 2.28. The average molecular weight is 289 g/mol. The largest absolute Gasteiger partial charge is 0.326 e. The minimum absolute atomic E-state index is 0.0781. The van der Waals surface area contributed by atoms with E-state index in [0.717, 1.165) is 37.3 Å². The molecule has 0 aliphatic carbocycles. The van der Waals surface area contributed by atoms with Crippen LogP contribution in [-0.4, -0.2) is 30.4 Å². The second-order valence-corrected chi connectivity index (χ2v) is 6.70. The predicted octanol–water partition coefficient (Wildman–Crippen LogP) is 2.60. The van der Waals surface area contributed by atoms with Gasteiger partial charge in [0.05, 0.1) is 0 Å². The maximum Gasteiger partial charge on any atom is 0.224 e. The lowest BCUT2D eigenvalue weighted by Crippen LogP contribution is -2.25. The fraction of sp³-hybridized carbons (Fsp3) is 0.588. The first-order valence-corrected chi connectivity index (χ1v) is 7.80. The van der Waals surface area contributed by atoms with Crippen LogP contribution in [0.1, 0.15) is 38.7 Å². The molecule has 0 saturated carbocycles. The Bertz CT molecular complexity index is 485. The van der Waals surface area contributed by atoms with E-state index in [1.807, 2.05) is 24.3 Å². The first-order valence-electron chi connectivity index (χ1n) is 7.80. The monoisotopic (exact) mass is 289 g/mol. The molecule has 4 nitrogen and oxygen atoms in total. The van der Waals surface area contributed by atoms with Gasteiger partial charge in [0.25, 0.3) is 0 Å². The van der Waals surface area contributed by atoms with E-state index in [1.165, 1.54) is 6.42 Å². The molecule has 116 valence electrons. The molecule has 1 fully saturated rings. The van der Waals surface area contributed by atoms with E-state index in [4.69, 9.17) is 5.73 Å². The molecule has 1 amide bonds. The Morgan fingerprint density at radius 2 is 2.14 bits per heavy atom. The third kappa shape index (κ3) is 4.83. The molecule has 1 aromatic rings. The summed E-state index contributed by atoms with van der Waals surface area (Å²) < 4.78 is 0. The highest BCUT2D eigenvalue weighted by Crippen LogP contribution is 2.28. The maximum atomic E-state index is 12.0. The van der Waals surface area contributed by atoms with Crippen molar-refractivity contribution in [3.8, 4) is 0 Å². The Morgan fingerprint density at radius 3 is 2.81 bits per heavy atom. The van der Waals surface area contributed by atoms with Crippen molar-refractivity contribution in [2.24, 2.45) is 11.1 Å². The molecule has 0 radical (unpaired) electrons. The van der Waals surface area contributed by atoms with Crippen LogP contribution in [0.4, 0.5) is 5.69 Å². The molecule has 0 unspecified atom stereocenters. The molecule has 0 spiro atoms. The van der Waals surface area contributed by atoms with Gasteiger partial charge in [-0.15, -0.1) is 0 Å². The summed E-state index contributed by atoms with van der Waals surface area (Å²) in [5.74, 6) is 0.0781. The van der Waals surface area contributed by atoms with Gasteiger partial charge in [-0.05, 0) is 43.0 Å². The van der Waals surface area contributed by atoms with Crippen LogP contribution in [0.25, 0.3) is 0 Å². The lowest BCUT2D eigenvalue weighted by atomic mass is 9.93. The molecule has 21 heavy (non-hydrogen) atoms. The predicted molar refractivity (Wildman–Crippen MR) is 87.0 cm³/mol. The number of nitrogens with two attached hydrogens (primary N) is 1. The first kappa shape index (κ1) is 16.0. The number of rotatable bonds is 6. The van der Waals surface area contributed by atoms with Gasteiger partial charge in [0.1, 0.15) is 0 Å². The van der Waals surface area contributed by atoms with Gasteiger partial charge in [0.15, 0.2) is 0 Å². The summed E-state index contributed by atoms with van der Waals surface area (Å²) in [5.41, 5.74) is 7.93. The van der Waals surface area contributed by atoms with E-state index < -0.39 is 0 Å². The van der Waals surface area contributed by atoms with Crippen LogP contribution in [0.3, 0.4) is 0 Å². The summed E-state index contributed by atoms with van der Waals surface area (Å²) in [7, 11) is 0. The van der Waals surface area contributed by atoms with Crippen LogP contribution in [0.15, 0.2) is 24.3 Å². The summed E-state index contributed by atoms with van der Waals surface area (Å²) in [4.78, 5) is 14.5. The summed E-state index contributed by atoms with van der Waals surface area (Å²) in [6.45, 7) is 8.37. The molecule has 1 aliphatic rings. The number of hydrogen-bond donors (Lipinski definition) is 2. The fourth-order valence-electron chi connectivity index (χ4n) is 2.91. The molecule has 1 heterocycles. The summed E-state index contributed by atoms with van der Waals surface area (Å²) in [5, 5.41) is 2.97. The molecular formula is C17H27N3O. The van der Waals surface area contributed by atoms with Gasteiger partial charge in [-0.2, -0.15) is 0 Å². The van der Waals surface area contributed by atoms with Crippen molar-refractivity contribution in [3.63, 3.8) is 0 Å². The van der Waals surface area contributed by atoms with Gasteiger partial charge >= 0.3 is 0 Å². The summed E-state index contributed by atoms with van der Waals surface area (Å²) >= 11 is 0. The molecule has 0 bridgehead atoms. The van der Waals surface area contributed by atoms with Gasteiger partial charge in [0.2, 0.25) is 5.91 Å². The third-order valence-electron chi connectivity index (χ3n) is 4.15. The number of nitrogens with zero attached hydrogens (tertiary/aromatic N) is 1. The Kier molecular flexibility index (Phi) is 5.37. The minimum atomic E-state index is 0.0781. The number of carbonyl (C=O) groups excluding carboxylic acids is 1. The van der Waals surface area contributed by atoms with Crippen LogP contribution in [0.2, 0.25) is 0 Å². The maximum absolute atomic E-state index is 12.0. The SMILES string of the molecule is CC1(C)CCN(CCCC(=O)Nc2ccccc2CN)C1. The fourth-order valence-corrected chi connectivity index (χ4v) is 2.91. The normalized spacial score (nSPS) is 17.9. The topological polar surface area (TPSA) is 58.4 Å². The quantitative estimate of drug-likeness (QED) is 0.846. The van der Waals surface area contributed by atoms with E-state index in [-0.39, 0.29) is 5.91 Å². The summed E-state index contributed by atoms with van der Waals surface area (Å²) in [6, 6.07) is 7.71. The number of carbonyl (C=O) groups is 1. The van der Waals surface area contributed by atoms with Crippen LogP contribution in [0, 0.1) is 5.41 Å². The molecule has 1 aromatic carbocycles. The number of hydrogen-bond acceptors (Lipinski definition) is 3. The van der Waals surface area contributed by atoms with Gasteiger partial charge in [-0.25, -0.2) is 0 Å². The highest BCUT2D eigenvalue weighted by molar-refractivity contribution is 5.91. The third-order valence-corrected chi connectivity index (χ3v) is 4.15. The van der Waals surface area contributed by atoms with Crippen molar-refractivity contribution in [1.82, 2.24) is 4.90 Å². The van der Waals surface area contributed by atoms with Crippen LogP contribution in [0.5, 0.6) is 0 Å². The van der Waals surface area contributed by atoms with Gasteiger partial charge in [-0.3, -0.25) is 4.79 Å². The van der Waals surface area contributed by atoms with Crippen molar-refractivity contribution in [2.75, 3.05) is 25.0 Å².